The summed E-state index contributed by atoms with van der Waals surface area (Å²) in [5, 5.41) is 16.0. The minimum atomic E-state index is -0.416. The maximum atomic E-state index is 5.22. The van der Waals surface area contributed by atoms with Crippen molar-refractivity contribution in [3.8, 4) is 11.4 Å². The fourth-order valence-corrected chi connectivity index (χ4v) is 2.79. The van der Waals surface area contributed by atoms with Crippen molar-refractivity contribution in [2.45, 2.75) is 32.7 Å². The molecule has 0 aliphatic rings. The predicted molar refractivity (Wildman–Crippen MR) is 98.2 cm³/mol. The van der Waals surface area contributed by atoms with Crippen LogP contribution in [0.1, 0.15) is 31.7 Å². The van der Waals surface area contributed by atoms with Gasteiger partial charge in [0.05, 0.1) is 18.3 Å². The van der Waals surface area contributed by atoms with Crippen LogP contribution in [0.5, 0.6) is 5.75 Å². The first kappa shape index (κ1) is 17.0. The van der Waals surface area contributed by atoms with Crippen LogP contribution in [0, 0.1) is 6.92 Å². The van der Waals surface area contributed by atoms with Crippen molar-refractivity contribution in [1.29, 1.82) is 0 Å². The van der Waals surface area contributed by atoms with Gasteiger partial charge in [-0.05, 0) is 66.6 Å². The van der Waals surface area contributed by atoms with Crippen molar-refractivity contribution < 1.29 is 4.74 Å². The highest BCUT2D eigenvalue weighted by Crippen LogP contribution is 2.30. The molecular weight excluding hydrogens is 314 g/mol. The molecule has 1 heterocycles. The molecule has 0 saturated heterocycles. The third kappa shape index (κ3) is 3.33. The highest BCUT2D eigenvalue weighted by molar-refractivity contribution is 5.49. The van der Waals surface area contributed by atoms with E-state index < -0.39 is 5.54 Å². The first-order chi connectivity index (χ1) is 12.1. The third-order valence-electron chi connectivity index (χ3n) is 4.52. The average molecular weight is 337 g/mol. The summed E-state index contributed by atoms with van der Waals surface area (Å²) in [6.45, 7) is 6.28. The van der Waals surface area contributed by atoms with E-state index in [9.17, 15) is 0 Å². The van der Waals surface area contributed by atoms with Gasteiger partial charge in [-0.3, -0.25) is 0 Å². The fourth-order valence-electron chi connectivity index (χ4n) is 2.79. The van der Waals surface area contributed by atoms with E-state index in [1.165, 1.54) is 0 Å². The van der Waals surface area contributed by atoms with Gasteiger partial charge >= 0.3 is 0 Å². The van der Waals surface area contributed by atoms with Crippen LogP contribution < -0.4 is 10.1 Å². The van der Waals surface area contributed by atoms with Crippen molar-refractivity contribution >= 4 is 5.69 Å². The van der Waals surface area contributed by atoms with Crippen LogP contribution in [0.2, 0.25) is 0 Å². The zero-order valence-corrected chi connectivity index (χ0v) is 15.0. The average Bonchev–Trinajstić information content (AvgIpc) is 3.13. The quantitative estimate of drug-likeness (QED) is 0.743. The molecule has 0 unspecified atom stereocenters. The van der Waals surface area contributed by atoms with Crippen LogP contribution >= 0.6 is 0 Å². The predicted octanol–water partition coefficient (Wildman–Crippen LogP) is 3.72. The SMILES string of the molecule is CC[C@](C)(Nc1ccc(OC)cc1)c1nnnn1-c1ccccc1C. The zero-order valence-electron chi connectivity index (χ0n) is 15.0. The Morgan fingerprint density at radius 2 is 1.84 bits per heavy atom. The van der Waals surface area contributed by atoms with Gasteiger partial charge in [0.25, 0.3) is 0 Å². The first-order valence-electron chi connectivity index (χ1n) is 8.34. The number of benzene rings is 2. The van der Waals surface area contributed by atoms with Gasteiger partial charge in [0.15, 0.2) is 5.82 Å². The van der Waals surface area contributed by atoms with Gasteiger partial charge in [-0.1, -0.05) is 25.1 Å². The van der Waals surface area contributed by atoms with Gasteiger partial charge in [-0.15, -0.1) is 5.10 Å². The molecule has 3 rings (SSSR count). The number of ether oxygens (including phenoxy) is 1. The van der Waals surface area contributed by atoms with Crippen molar-refractivity contribution in [3.05, 3.63) is 59.9 Å². The molecular formula is C19H23N5O. The van der Waals surface area contributed by atoms with Crippen LogP contribution in [0.4, 0.5) is 5.69 Å². The minimum Gasteiger partial charge on any atom is -0.497 e. The Labute approximate surface area is 147 Å². The van der Waals surface area contributed by atoms with Crippen LogP contribution in [0.3, 0.4) is 0 Å². The lowest BCUT2D eigenvalue weighted by Gasteiger charge is -2.29. The number of aromatic nitrogens is 4. The smallest absolute Gasteiger partial charge is 0.181 e. The summed E-state index contributed by atoms with van der Waals surface area (Å²) in [5.74, 6) is 1.61. The molecule has 0 radical (unpaired) electrons. The van der Waals surface area contributed by atoms with Crippen LogP contribution in [0.15, 0.2) is 48.5 Å². The maximum Gasteiger partial charge on any atom is 0.181 e. The zero-order chi connectivity index (χ0) is 17.9. The van der Waals surface area contributed by atoms with Crippen LogP contribution in [-0.4, -0.2) is 27.3 Å². The largest absolute Gasteiger partial charge is 0.497 e. The molecule has 3 aromatic rings. The van der Waals surface area contributed by atoms with E-state index in [2.05, 4.69) is 47.7 Å². The number of anilines is 1. The van der Waals surface area contributed by atoms with Crippen LogP contribution in [-0.2, 0) is 5.54 Å². The summed E-state index contributed by atoms with van der Waals surface area (Å²) in [6, 6.07) is 15.9. The lowest BCUT2D eigenvalue weighted by atomic mass is 9.96. The molecule has 0 aliphatic carbocycles. The van der Waals surface area contributed by atoms with Gasteiger partial charge < -0.3 is 10.1 Å². The molecule has 6 heteroatoms. The third-order valence-corrected chi connectivity index (χ3v) is 4.52. The van der Waals surface area contributed by atoms with Gasteiger partial charge in [-0.25, -0.2) is 0 Å². The van der Waals surface area contributed by atoms with E-state index >= 15 is 0 Å². The number of hydrogen-bond donors (Lipinski definition) is 1. The number of hydrogen-bond acceptors (Lipinski definition) is 5. The molecule has 1 N–H and O–H groups in total. The number of nitrogens with zero attached hydrogens (tertiary/aromatic N) is 4. The fraction of sp³-hybridized carbons (Fsp3) is 0.316. The van der Waals surface area contributed by atoms with Crippen molar-refractivity contribution in [1.82, 2.24) is 20.2 Å². The molecule has 0 saturated carbocycles. The molecule has 130 valence electrons. The Hall–Kier alpha value is -2.89. The van der Waals surface area contributed by atoms with Crippen molar-refractivity contribution in [2.75, 3.05) is 12.4 Å². The summed E-state index contributed by atoms with van der Waals surface area (Å²) in [6.07, 6.45) is 0.825. The Bertz CT molecular complexity index is 843. The standard InChI is InChI=1S/C19H23N5O/c1-5-19(3,20-15-10-12-16(25-4)13-11-15)18-21-22-23-24(18)17-9-7-6-8-14(17)2/h6-13,20H,5H2,1-4H3/t19-/m0/s1. The molecule has 1 atom stereocenters. The van der Waals surface area contributed by atoms with Crippen LogP contribution in [0.25, 0.3) is 5.69 Å². The van der Waals surface area contributed by atoms with Gasteiger partial charge in [0.2, 0.25) is 0 Å². The Kier molecular flexibility index (Phi) is 4.70. The summed E-state index contributed by atoms with van der Waals surface area (Å²) < 4.78 is 7.04. The Morgan fingerprint density at radius 3 is 2.48 bits per heavy atom. The van der Waals surface area contributed by atoms with E-state index in [1.54, 1.807) is 7.11 Å². The van der Waals surface area contributed by atoms with E-state index in [-0.39, 0.29) is 0 Å². The Morgan fingerprint density at radius 1 is 1.12 bits per heavy atom. The number of rotatable bonds is 6. The first-order valence-corrected chi connectivity index (χ1v) is 8.34. The minimum absolute atomic E-state index is 0.416. The highest BCUT2D eigenvalue weighted by atomic mass is 16.5. The van der Waals surface area contributed by atoms with E-state index in [0.717, 1.165) is 34.9 Å². The van der Waals surface area contributed by atoms with Gasteiger partial charge in [0, 0.05) is 5.69 Å². The van der Waals surface area contributed by atoms with E-state index in [0.29, 0.717) is 0 Å². The second-order valence-electron chi connectivity index (χ2n) is 6.24. The highest BCUT2D eigenvalue weighted by Gasteiger charge is 2.31. The number of nitrogens with one attached hydrogen (secondary N) is 1. The normalized spacial score (nSPS) is 13.3. The number of methoxy groups -OCH3 is 1. The molecule has 1 aromatic heterocycles. The van der Waals surface area contributed by atoms with E-state index in [1.807, 2.05) is 47.1 Å². The molecule has 0 spiro atoms. The lowest BCUT2D eigenvalue weighted by Crippen LogP contribution is -2.34. The molecule has 0 bridgehead atoms. The summed E-state index contributed by atoms with van der Waals surface area (Å²) in [4.78, 5) is 0. The van der Waals surface area contributed by atoms with E-state index in [4.69, 9.17) is 4.74 Å². The van der Waals surface area contributed by atoms with Crippen molar-refractivity contribution in [3.63, 3.8) is 0 Å². The number of tetrazole rings is 1. The molecule has 0 fully saturated rings. The molecule has 25 heavy (non-hydrogen) atoms. The summed E-state index contributed by atoms with van der Waals surface area (Å²) in [7, 11) is 1.66. The lowest BCUT2D eigenvalue weighted by molar-refractivity contribution is 0.414. The maximum absolute atomic E-state index is 5.22. The monoisotopic (exact) mass is 337 g/mol. The van der Waals surface area contributed by atoms with Gasteiger partial charge in [0.1, 0.15) is 5.75 Å². The summed E-state index contributed by atoms with van der Waals surface area (Å²) >= 11 is 0. The van der Waals surface area contributed by atoms with Gasteiger partial charge in [-0.2, -0.15) is 4.68 Å². The topological polar surface area (TPSA) is 64.9 Å². The number of aryl methyl sites for hydroxylation is 1. The molecule has 6 nitrogen and oxygen atoms in total. The summed E-state index contributed by atoms with van der Waals surface area (Å²) in [5.41, 5.74) is 2.68. The molecule has 0 aliphatic heterocycles. The molecule has 2 aromatic carbocycles. The number of para-hydroxylation sites is 1. The van der Waals surface area contributed by atoms with Crippen molar-refractivity contribution in [2.24, 2.45) is 0 Å². The molecule has 0 amide bonds. The second-order valence-corrected chi connectivity index (χ2v) is 6.24. The second kappa shape index (κ2) is 6.93. The Balaban J connectivity index is 1.98.